The standard InChI is InChI=1S/C19H20F2N2O2/c1-19(2,3)25-18(24)23-9-7-14-15(11-23)12(4-5-16(14)20)13-6-8-22-10-17(13)21/h4-6,8,10H,7,9,11H2,1-3H3. The maximum atomic E-state index is 14.2. The first-order chi connectivity index (χ1) is 11.8. The fourth-order valence-corrected chi connectivity index (χ4v) is 2.96. The van der Waals surface area contributed by atoms with Crippen LogP contribution in [-0.2, 0) is 17.7 Å². The molecule has 132 valence electrons. The molecule has 0 atom stereocenters. The van der Waals surface area contributed by atoms with E-state index in [1.807, 2.05) is 0 Å². The Kier molecular flexibility index (Phi) is 4.45. The summed E-state index contributed by atoms with van der Waals surface area (Å²) in [6.07, 6.45) is 2.52. The first-order valence-electron chi connectivity index (χ1n) is 8.14. The zero-order valence-corrected chi connectivity index (χ0v) is 14.5. The van der Waals surface area contributed by atoms with Gasteiger partial charge in [-0.3, -0.25) is 4.98 Å². The summed E-state index contributed by atoms with van der Waals surface area (Å²) in [7, 11) is 0. The number of hydrogen-bond acceptors (Lipinski definition) is 3. The molecule has 0 unspecified atom stereocenters. The molecular formula is C19H20F2N2O2. The largest absolute Gasteiger partial charge is 0.444 e. The third-order valence-corrected chi connectivity index (χ3v) is 4.07. The number of hydrogen-bond donors (Lipinski definition) is 0. The molecule has 0 aliphatic carbocycles. The fourth-order valence-electron chi connectivity index (χ4n) is 2.96. The molecule has 1 aliphatic rings. The van der Waals surface area contributed by atoms with Crippen molar-refractivity contribution in [3.63, 3.8) is 0 Å². The smallest absolute Gasteiger partial charge is 0.410 e. The highest BCUT2D eigenvalue weighted by Gasteiger charge is 2.29. The highest BCUT2D eigenvalue weighted by atomic mass is 19.1. The number of nitrogens with zero attached hydrogens (tertiary/aromatic N) is 2. The predicted molar refractivity (Wildman–Crippen MR) is 89.9 cm³/mol. The van der Waals surface area contributed by atoms with E-state index in [1.54, 1.807) is 32.9 Å². The molecule has 1 amide bonds. The average molecular weight is 346 g/mol. The summed E-state index contributed by atoms with van der Waals surface area (Å²) in [6.45, 7) is 5.92. The molecule has 1 aliphatic heterocycles. The molecule has 0 bridgehead atoms. The van der Waals surface area contributed by atoms with Crippen molar-refractivity contribution in [2.45, 2.75) is 39.3 Å². The Hall–Kier alpha value is -2.50. The highest BCUT2D eigenvalue weighted by Crippen LogP contribution is 2.33. The van der Waals surface area contributed by atoms with Gasteiger partial charge in [-0.2, -0.15) is 0 Å². The molecule has 4 nitrogen and oxygen atoms in total. The monoisotopic (exact) mass is 346 g/mol. The van der Waals surface area contributed by atoms with E-state index in [9.17, 15) is 13.6 Å². The van der Waals surface area contributed by atoms with Crippen molar-refractivity contribution in [3.8, 4) is 11.1 Å². The zero-order chi connectivity index (χ0) is 18.2. The Labute approximate surface area is 145 Å². The molecule has 1 aromatic carbocycles. The van der Waals surface area contributed by atoms with Crippen LogP contribution >= 0.6 is 0 Å². The second kappa shape index (κ2) is 6.43. The third kappa shape index (κ3) is 3.62. The van der Waals surface area contributed by atoms with Crippen LogP contribution < -0.4 is 0 Å². The van der Waals surface area contributed by atoms with Gasteiger partial charge in [-0.05, 0) is 56.0 Å². The molecule has 0 saturated carbocycles. The quantitative estimate of drug-likeness (QED) is 0.772. The maximum Gasteiger partial charge on any atom is 0.410 e. The van der Waals surface area contributed by atoms with Crippen LogP contribution in [-0.4, -0.2) is 28.1 Å². The normalized spacial score (nSPS) is 14.2. The van der Waals surface area contributed by atoms with E-state index in [1.165, 1.54) is 17.2 Å². The average Bonchev–Trinajstić information content (AvgIpc) is 2.54. The summed E-state index contributed by atoms with van der Waals surface area (Å²) < 4.78 is 33.8. The second-order valence-corrected chi connectivity index (χ2v) is 7.06. The molecular weight excluding hydrogens is 326 g/mol. The van der Waals surface area contributed by atoms with E-state index in [0.29, 0.717) is 35.2 Å². The number of aromatic nitrogens is 1. The number of amides is 1. The summed E-state index contributed by atoms with van der Waals surface area (Å²) in [4.78, 5) is 17.6. The number of carbonyl (C=O) groups is 1. The molecule has 6 heteroatoms. The maximum absolute atomic E-state index is 14.2. The SMILES string of the molecule is CC(C)(C)OC(=O)N1CCc2c(F)ccc(-c3ccncc3F)c2C1. The molecule has 0 saturated heterocycles. The number of rotatable bonds is 1. The first kappa shape index (κ1) is 17.3. The minimum Gasteiger partial charge on any atom is -0.444 e. The van der Waals surface area contributed by atoms with Gasteiger partial charge in [-0.15, -0.1) is 0 Å². The molecule has 1 aromatic heterocycles. The summed E-state index contributed by atoms with van der Waals surface area (Å²) in [5.41, 5.74) is 1.44. The lowest BCUT2D eigenvalue weighted by Gasteiger charge is -2.32. The van der Waals surface area contributed by atoms with Crippen LogP contribution in [0.2, 0.25) is 0 Å². The number of pyridine rings is 1. The summed E-state index contributed by atoms with van der Waals surface area (Å²) in [6, 6.07) is 4.44. The third-order valence-electron chi connectivity index (χ3n) is 4.07. The number of fused-ring (bicyclic) bond motifs is 1. The number of ether oxygens (including phenoxy) is 1. The molecule has 2 heterocycles. The van der Waals surface area contributed by atoms with Crippen molar-refractivity contribution >= 4 is 6.09 Å². The van der Waals surface area contributed by atoms with Gasteiger partial charge in [0.1, 0.15) is 17.2 Å². The molecule has 0 radical (unpaired) electrons. The Morgan fingerprint density at radius 2 is 1.88 bits per heavy atom. The molecule has 2 aromatic rings. The van der Waals surface area contributed by atoms with Gasteiger partial charge in [0, 0.05) is 24.8 Å². The topological polar surface area (TPSA) is 42.4 Å². The van der Waals surface area contributed by atoms with Crippen LogP contribution in [0.25, 0.3) is 11.1 Å². The van der Waals surface area contributed by atoms with Gasteiger partial charge < -0.3 is 9.64 Å². The van der Waals surface area contributed by atoms with Crippen molar-refractivity contribution in [1.29, 1.82) is 0 Å². The molecule has 0 N–H and O–H groups in total. The van der Waals surface area contributed by atoms with E-state index in [4.69, 9.17) is 4.74 Å². The summed E-state index contributed by atoms with van der Waals surface area (Å²) >= 11 is 0. The van der Waals surface area contributed by atoms with E-state index < -0.39 is 17.5 Å². The number of halogens is 2. The molecule has 25 heavy (non-hydrogen) atoms. The lowest BCUT2D eigenvalue weighted by molar-refractivity contribution is 0.0223. The zero-order valence-electron chi connectivity index (χ0n) is 14.5. The Morgan fingerprint density at radius 1 is 1.12 bits per heavy atom. The van der Waals surface area contributed by atoms with Crippen LogP contribution in [0, 0.1) is 11.6 Å². The minimum atomic E-state index is -0.612. The molecule has 0 spiro atoms. The van der Waals surface area contributed by atoms with Gasteiger partial charge in [-0.1, -0.05) is 6.07 Å². The summed E-state index contributed by atoms with van der Waals surface area (Å²) in [5, 5.41) is 0. The fraction of sp³-hybridized carbons (Fsp3) is 0.368. The number of carbonyl (C=O) groups excluding carboxylic acids is 1. The Balaban J connectivity index is 1.99. The van der Waals surface area contributed by atoms with Crippen molar-refractivity contribution in [2.75, 3.05) is 6.54 Å². The van der Waals surface area contributed by atoms with Crippen LogP contribution in [0.15, 0.2) is 30.6 Å². The van der Waals surface area contributed by atoms with Crippen molar-refractivity contribution in [3.05, 3.63) is 53.4 Å². The van der Waals surface area contributed by atoms with Crippen molar-refractivity contribution < 1.29 is 18.3 Å². The van der Waals surface area contributed by atoms with Gasteiger partial charge in [0.25, 0.3) is 0 Å². The van der Waals surface area contributed by atoms with Gasteiger partial charge in [0.2, 0.25) is 0 Å². The molecule has 0 fully saturated rings. The summed E-state index contributed by atoms with van der Waals surface area (Å²) in [5.74, 6) is -0.817. The van der Waals surface area contributed by atoms with E-state index in [0.717, 1.165) is 6.20 Å². The van der Waals surface area contributed by atoms with Crippen LogP contribution in [0.3, 0.4) is 0 Å². The Morgan fingerprint density at radius 3 is 2.56 bits per heavy atom. The van der Waals surface area contributed by atoms with E-state index >= 15 is 0 Å². The second-order valence-electron chi connectivity index (χ2n) is 7.06. The van der Waals surface area contributed by atoms with Gasteiger partial charge in [0.05, 0.1) is 6.20 Å². The van der Waals surface area contributed by atoms with Crippen LogP contribution in [0.1, 0.15) is 31.9 Å². The van der Waals surface area contributed by atoms with E-state index in [-0.39, 0.29) is 12.4 Å². The first-order valence-corrected chi connectivity index (χ1v) is 8.14. The Bertz CT molecular complexity index is 816. The molecule has 3 rings (SSSR count). The lowest BCUT2D eigenvalue weighted by Crippen LogP contribution is -2.40. The minimum absolute atomic E-state index is 0.180. The number of benzene rings is 1. The van der Waals surface area contributed by atoms with Gasteiger partial charge >= 0.3 is 6.09 Å². The van der Waals surface area contributed by atoms with Crippen molar-refractivity contribution in [1.82, 2.24) is 9.88 Å². The van der Waals surface area contributed by atoms with Gasteiger partial charge in [0.15, 0.2) is 0 Å². The highest BCUT2D eigenvalue weighted by molar-refractivity contribution is 5.73. The predicted octanol–water partition coefficient (Wildman–Crippen LogP) is 4.32. The van der Waals surface area contributed by atoms with Crippen molar-refractivity contribution in [2.24, 2.45) is 0 Å². The van der Waals surface area contributed by atoms with Gasteiger partial charge in [-0.25, -0.2) is 13.6 Å². The van der Waals surface area contributed by atoms with E-state index in [2.05, 4.69) is 4.98 Å². The lowest BCUT2D eigenvalue weighted by atomic mass is 9.91. The van der Waals surface area contributed by atoms with Crippen LogP contribution in [0.5, 0.6) is 0 Å². The van der Waals surface area contributed by atoms with Crippen LogP contribution in [0.4, 0.5) is 13.6 Å².